The van der Waals surface area contributed by atoms with Crippen molar-refractivity contribution in [2.75, 3.05) is 5.32 Å². The number of benzene rings is 2. The van der Waals surface area contributed by atoms with E-state index in [0.29, 0.717) is 18.2 Å². The summed E-state index contributed by atoms with van der Waals surface area (Å²) in [5, 5.41) is 18.0. The highest BCUT2D eigenvalue weighted by molar-refractivity contribution is 6.00. The lowest BCUT2D eigenvalue weighted by molar-refractivity contribution is -0.118. The van der Waals surface area contributed by atoms with Crippen molar-refractivity contribution in [2.45, 2.75) is 39.7 Å². The first kappa shape index (κ1) is 18.6. The SMILES string of the molecule is Cc1cccc(-c2nc3n(n2)[C@H](c2ccc(O)cc2)C2=C(CC(C)(C)CC2=O)N3)c1. The van der Waals surface area contributed by atoms with Crippen LogP contribution in [0.15, 0.2) is 59.8 Å². The fraction of sp³-hybridized carbons (Fsp3) is 0.292. The molecule has 1 aromatic heterocycles. The molecule has 1 aliphatic heterocycles. The van der Waals surface area contributed by atoms with E-state index in [4.69, 9.17) is 10.1 Å². The molecule has 0 saturated carbocycles. The van der Waals surface area contributed by atoms with E-state index in [1.807, 2.05) is 37.3 Å². The van der Waals surface area contributed by atoms with E-state index in [1.165, 1.54) is 0 Å². The van der Waals surface area contributed by atoms with E-state index in [-0.39, 0.29) is 23.0 Å². The maximum Gasteiger partial charge on any atom is 0.226 e. The quantitative estimate of drug-likeness (QED) is 0.656. The largest absolute Gasteiger partial charge is 0.508 e. The molecule has 0 unspecified atom stereocenters. The smallest absolute Gasteiger partial charge is 0.226 e. The number of aromatic hydroxyl groups is 1. The summed E-state index contributed by atoms with van der Waals surface area (Å²) >= 11 is 0. The van der Waals surface area contributed by atoms with Crippen molar-refractivity contribution in [1.82, 2.24) is 14.8 Å². The standard InChI is InChI=1S/C24H24N4O2/c1-14-5-4-6-16(11-14)22-26-23-25-18-12-24(2,3)13-19(30)20(18)21(28(23)27-22)15-7-9-17(29)10-8-15/h4-11,21,29H,12-13H2,1-3H3,(H,25,26,27)/t21-/m1/s1. The molecule has 0 spiro atoms. The van der Waals surface area contributed by atoms with E-state index in [2.05, 4.69) is 25.2 Å². The zero-order valence-corrected chi connectivity index (χ0v) is 17.3. The number of carbonyl (C=O) groups excluding carboxylic acids is 1. The molecule has 2 aliphatic rings. The van der Waals surface area contributed by atoms with Gasteiger partial charge in [-0.15, -0.1) is 5.10 Å². The number of nitrogens with zero attached hydrogens (tertiary/aromatic N) is 3. The van der Waals surface area contributed by atoms with Gasteiger partial charge in [0.05, 0.1) is 0 Å². The van der Waals surface area contributed by atoms with Crippen molar-refractivity contribution in [3.8, 4) is 17.1 Å². The van der Waals surface area contributed by atoms with Gasteiger partial charge in [-0.3, -0.25) is 4.79 Å². The van der Waals surface area contributed by atoms with Crippen molar-refractivity contribution < 1.29 is 9.90 Å². The molecule has 6 nitrogen and oxygen atoms in total. The molecular formula is C24H24N4O2. The molecule has 30 heavy (non-hydrogen) atoms. The molecule has 0 bridgehead atoms. The van der Waals surface area contributed by atoms with Crippen LogP contribution < -0.4 is 5.32 Å². The Labute approximate surface area is 175 Å². The molecule has 0 saturated heterocycles. The summed E-state index contributed by atoms with van der Waals surface area (Å²) in [7, 11) is 0. The van der Waals surface area contributed by atoms with Crippen LogP contribution in [-0.2, 0) is 4.79 Å². The number of Topliss-reactive ketones (excluding diaryl/α,β-unsaturated/α-hetero) is 1. The number of rotatable bonds is 2. The number of hydrogen-bond donors (Lipinski definition) is 2. The number of aromatic nitrogens is 3. The lowest BCUT2D eigenvalue weighted by atomic mass is 9.73. The number of nitrogens with one attached hydrogen (secondary N) is 1. The number of phenolic OH excluding ortho intramolecular Hbond substituents is 1. The summed E-state index contributed by atoms with van der Waals surface area (Å²) in [4.78, 5) is 18.0. The van der Waals surface area contributed by atoms with E-state index in [9.17, 15) is 9.90 Å². The van der Waals surface area contributed by atoms with Crippen molar-refractivity contribution in [3.63, 3.8) is 0 Å². The highest BCUT2D eigenvalue weighted by Gasteiger charge is 2.41. The number of phenols is 1. The molecule has 6 heteroatoms. The van der Waals surface area contributed by atoms with Gasteiger partial charge in [-0.05, 0) is 42.5 Å². The van der Waals surface area contributed by atoms with Crippen molar-refractivity contribution in [2.24, 2.45) is 5.41 Å². The van der Waals surface area contributed by atoms with Gasteiger partial charge in [0, 0.05) is 23.3 Å². The van der Waals surface area contributed by atoms with Crippen molar-refractivity contribution in [3.05, 3.63) is 70.9 Å². The Morgan fingerprint density at radius 1 is 1.13 bits per heavy atom. The van der Waals surface area contributed by atoms with E-state index < -0.39 is 0 Å². The molecule has 2 N–H and O–H groups in total. The number of hydrogen-bond acceptors (Lipinski definition) is 5. The van der Waals surface area contributed by atoms with Crippen molar-refractivity contribution in [1.29, 1.82) is 0 Å². The third-order valence-electron chi connectivity index (χ3n) is 5.82. The normalized spacial score (nSPS) is 19.8. The number of carbonyl (C=O) groups is 1. The monoisotopic (exact) mass is 400 g/mol. The summed E-state index contributed by atoms with van der Waals surface area (Å²) < 4.78 is 1.80. The fourth-order valence-corrected chi connectivity index (χ4v) is 4.48. The lowest BCUT2D eigenvalue weighted by Gasteiger charge is -2.38. The number of aryl methyl sites for hydroxylation is 1. The Morgan fingerprint density at radius 3 is 2.63 bits per heavy atom. The molecule has 2 aromatic carbocycles. The van der Waals surface area contributed by atoms with E-state index >= 15 is 0 Å². The van der Waals surface area contributed by atoms with Gasteiger partial charge in [0.2, 0.25) is 5.95 Å². The number of fused-ring (bicyclic) bond motifs is 1. The third-order valence-corrected chi connectivity index (χ3v) is 5.82. The zero-order chi connectivity index (χ0) is 21.0. The van der Waals surface area contributed by atoms with Gasteiger partial charge >= 0.3 is 0 Å². The zero-order valence-electron chi connectivity index (χ0n) is 17.3. The maximum absolute atomic E-state index is 13.2. The van der Waals surface area contributed by atoms with Crippen LogP contribution in [0.25, 0.3) is 11.4 Å². The molecule has 0 fully saturated rings. The first-order valence-corrected chi connectivity index (χ1v) is 10.2. The average molecular weight is 400 g/mol. The highest BCUT2D eigenvalue weighted by Crippen LogP contribution is 2.45. The molecule has 0 amide bonds. The highest BCUT2D eigenvalue weighted by atomic mass is 16.3. The van der Waals surface area contributed by atoms with Gasteiger partial charge < -0.3 is 10.4 Å². The number of allylic oxidation sites excluding steroid dienone is 2. The van der Waals surface area contributed by atoms with Crippen LogP contribution >= 0.6 is 0 Å². The van der Waals surface area contributed by atoms with Gasteiger partial charge in [0.25, 0.3) is 0 Å². The molecule has 152 valence electrons. The Balaban J connectivity index is 1.68. The first-order chi connectivity index (χ1) is 14.3. The van der Waals surface area contributed by atoms with Gasteiger partial charge in [0.1, 0.15) is 11.8 Å². The summed E-state index contributed by atoms with van der Waals surface area (Å²) in [6, 6.07) is 14.7. The predicted molar refractivity (Wildman–Crippen MR) is 115 cm³/mol. The van der Waals surface area contributed by atoms with E-state index in [0.717, 1.165) is 34.4 Å². The summed E-state index contributed by atoms with van der Waals surface area (Å²) in [6.07, 6.45) is 1.27. The van der Waals surface area contributed by atoms with Crippen LogP contribution in [0.1, 0.15) is 43.9 Å². The third kappa shape index (κ3) is 3.09. The Hall–Kier alpha value is -3.41. The minimum Gasteiger partial charge on any atom is -0.508 e. The van der Waals surface area contributed by atoms with Crippen LogP contribution in [0.4, 0.5) is 5.95 Å². The van der Waals surface area contributed by atoms with Gasteiger partial charge in [-0.2, -0.15) is 4.98 Å². The minimum atomic E-state index is -0.369. The molecule has 1 aliphatic carbocycles. The first-order valence-electron chi connectivity index (χ1n) is 10.2. The van der Waals surface area contributed by atoms with Crippen LogP contribution in [0.2, 0.25) is 0 Å². The molecular weight excluding hydrogens is 376 g/mol. The minimum absolute atomic E-state index is 0.107. The molecule has 5 rings (SSSR count). The molecule has 1 atom stereocenters. The molecule has 2 heterocycles. The van der Waals surface area contributed by atoms with E-state index in [1.54, 1.807) is 16.8 Å². The number of ketones is 1. The summed E-state index contributed by atoms with van der Waals surface area (Å²) in [6.45, 7) is 6.27. The van der Waals surface area contributed by atoms with Crippen molar-refractivity contribution >= 4 is 11.7 Å². The molecule has 0 radical (unpaired) electrons. The topological polar surface area (TPSA) is 80.0 Å². The predicted octanol–water partition coefficient (Wildman–Crippen LogP) is 4.62. The Morgan fingerprint density at radius 2 is 1.90 bits per heavy atom. The van der Waals surface area contributed by atoms with Gasteiger partial charge in [-0.1, -0.05) is 49.7 Å². The van der Waals surface area contributed by atoms with Crippen LogP contribution in [0.3, 0.4) is 0 Å². The Kier molecular flexibility index (Phi) is 4.07. The summed E-state index contributed by atoms with van der Waals surface area (Å²) in [5.41, 5.74) is 4.53. The fourth-order valence-electron chi connectivity index (χ4n) is 4.48. The van der Waals surface area contributed by atoms with Crippen LogP contribution in [-0.4, -0.2) is 25.7 Å². The van der Waals surface area contributed by atoms with Gasteiger partial charge in [0.15, 0.2) is 11.6 Å². The second kappa shape index (κ2) is 6.55. The summed E-state index contributed by atoms with van der Waals surface area (Å²) in [5.74, 6) is 1.58. The maximum atomic E-state index is 13.2. The number of anilines is 1. The average Bonchev–Trinajstić information content (AvgIpc) is 3.10. The second-order valence-electron chi connectivity index (χ2n) is 9.03. The Bertz CT molecular complexity index is 1190. The molecule has 3 aromatic rings. The van der Waals surface area contributed by atoms with Crippen LogP contribution in [0.5, 0.6) is 5.75 Å². The second-order valence-corrected chi connectivity index (χ2v) is 9.03. The van der Waals surface area contributed by atoms with Crippen LogP contribution in [0, 0.1) is 12.3 Å². The lowest BCUT2D eigenvalue weighted by Crippen LogP contribution is -2.36. The van der Waals surface area contributed by atoms with Gasteiger partial charge in [-0.25, -0.2) is 4.68 Å².